The van der Waals surface area contributed by atoms with Gasteiger partial charge in [0.2, 0.25) is 5.95 Å². The van der Waals surface area contributed by atoms with Gasteiger partial charge in [-0.1, -0.05) is 6.42 Å². The fourth-order valence-corrected chi connectivity index (χ4v) is 2.89. The molecule has 1 atom stereocenters. The molecule has 3 heterocycles. The monoisotopic (exact) mass is 246 g/mol. The minimum atomic E-state index is 0.537. The highest BCUT2D eigenvalue weighted by Gasteiger charge is 2.29. The Morgan fingerprint density at radius 1 is 1.17 bits per heavy atom. The largest absolute Gasteiger partial charge is 0.338 e. The standard InChI is InChI=1S/C13H18N4O/c18-10-11-7-14-13(15-8-11)17-6-5-16-4-2-1-3-12(16)9-17/h7-8,10,12H,1-6,9H2. The number of anilines is 1. The van der Waals surface area contributed by atoms with E-state index in [1.165, 1.54) is 25.8 Å². The molecule has 0 amide bonds. The van der Waals surface area contributed by atoms with E-state index in [0.29, 0.717) is 11.6 Å². The van der Waals surface area contributed by atoms with Gasteiger partial charge in [-0.15, -0.1) is 0 Å². The number of hydrogen-bond acceptors (Lipinski definition) is 5. The molecule has 2 aliphatic rings. The van der Waals surface area contributed by atoms with Crippen LogP contribution in [-0.4, -0.2) is 53.4 Å². The molecule has 96 valence electrons. The number of carbonyl (C=O) groups excluding carboxylic acids is 1. The van der Waals surface area contributed by atoms with E-state index in [9.17, 15) is 4.79 Å². The first-order chi connectivity index (χ1) is 8.86. The predicted molar refractivity (Wildman–Crippen MR) is 68.8 cm³/mol. The molecule has 1 unspecified atom stereocenters. The van der Waals surface area contributed by atoms with Crippen LogP contribution in [0.3, 0.4) is 0 Å². The predicted octanol–water partition coefficient (Wildman–Crippen LogP) is 0.964. The van der Waals surface area contributed by atoms with Crippen molar-refractivity contribution in [3.05, 3.63) is 18.0 Å². The van der Waals surface area contributed by atoms with Gasteiger partial charge in [0.25, 0.3) is 0 Å². The Morgan fingerprint density at radius 3 is 2.78 bits per heavy atom. The molecule has 18 heavy (non-hydrogen) atoms. The Labute approximate surface area is 107 Å². The van der Waals surface area contributed by atoms with E-state index >= 15 is 0 Å². The maximum atomic E-state index is 10.6. The number of piperidine rings is 1. The van der Waals surface area contributed by atoms with E-state index in [2.05, 4.69) is 19.8 Å². The Bertz CT molecular complexity index is 420. The number of nitrogens with zero attached hydrogens (tertiary/aromatic N) is 4. The first-order valence-electron chi connectivity index (χ1n) is 6.63. The summed E-state index contributed by atoms with van der Waals surface area (Å²) in [5.41, 5.74) is 0.537. The zero-order valence-electron chi connectivity index (χ0n) is 10.5. The van der Waals surface area contributed by atoms with Crippen molar-refractivity contribution in [3.63, 3.8) is 0 Å². The second-order valence-electron chi connectivity index (χ2n) is 5.07. The summed E-state index contributed by atoms with van der Waals surface area (Å²) in [7, 11) is 0. The second-order valence-corrected chi connectivity index (χ2v) is 5.07. The lowest BCUT2D eigenvalue weighted by Gasteiger charge is -2.43. The lowest BCUT2D eigenvalue weighted by molar-refractivity contribution is 0.112. The van der Waals surface area contributed by atoms with Crippen LogP contribution in [0.5, 0.6) is 0 Å². The smallest absolute Gasteiger partial charge is 0.225 e. The summed E-state index contributed by atoms with van der Waals surface area (Å²) in [6, 6.07) is 0.654. The second kappa shape index (κ2) is 5.02. The number of carbonyl (C=O) groups is 1. The SMILES string of the molecule is O=Cc1cnc(N2CCN3CCCCC3C2)nc1. The molecule has 0 radical (unpaired) electrons. The molecule has 0 bridgehead atoms. The molecule has 0 N–H and O–H groups in total. The van der Waals surface area contributed by atoms with Crippen molar-refractivity contribution in [1.82, 2.24) is 14.9 Å². The molecule has 5 heteroatoms. The molecule has 2 aliphatic heterocycles. The fraction of sp³-hybridized carbons (Fsp3) is 0.615. The summed E-state index contributed by atoms with van der Waals surface area (Å²) < 4.78 is 0. The van der Waals surface area contributed by atoms with Crippen molar-refractivity contribution in [2.24, 2.45) is 0 Å². The average molecular weight is 246 g/mol. The third kappa shape index (κ3) is 2.22. The summed E-state index contributed by atoms with van der Waals surface area (Å²) in [5.74, 6) is 0.755. The molecule has 0 aliphatic carbocycles. The van der Waals surface area contributed by atoms with Crippen LogP contribution in [0, 0.1) is 0 Å². The van der Waals surface area contributed by atoms with Gasteiger partial charge in [-0.25, -0.2) is 9.97 Å². The quantitative estimate of drug-likeness (QED) is 0.728. The van der Waals surface area contributed by atoms with Gasteiger partial charge in [0, 0.05) is 38.1 Å². The van der Waals surface area contributed by atoms with Crippen LogP contribution in [0.25, 0.3) is 0 Å². The molecule has 1 aromatic rings. The number of hydrogen-bond donors (Lipinski definition) is 0. The highest BCUT2D eigenvalue weighted by molar-refractivity contribution is 5.73. The van der Waals surface area contributed by atoms with Crippen LogP contribution in [0.15, 0.2) is 12.4 Å². The van der Waals surface area contributed by atoms with Crippen LogP contribution in [0.4, 0.5) is 5.95 Å². The van der Waals surface area contributed by atoms with Crippen molar-refractivity contribution in [2.75, 3.05) is 31.1 Å². The van der Waals surface area contributed by atoms with E-state index in [0.717, 1.165) is 31.9 Å². The van der Waals surface area contributed by atoms with Gasteiger partial charge in [-0.05, 0) is 19.4 Å². The van der Waals surface area contributed by atoms with E-state index in [4.69, 9.17) is 0 Å². The lowest BCUT2D eigenvalue weighted by atomic mass is 10.00. The van der Waals surface area contributed by atoms with Gasteiger partial charge in [0.1, 0.15) is 0 Å². The Hall–Kier alpha value is -1.49. The van der Waals surface area contributed by atoms with Crippen LogP contribution in [0.2, 0.25) is 0 Å². The van der Waals surface area contributed by atoms with Crippen molar-refractivity contribution in [3.8, 4) is 0 Å². The highest BCUT2D eigenvalue weighted by Crippen LogP contribution is 2.22. The third-order valence-electron chi connectivity index (χ3n) is 3.91. The van der Waals surface area contributed by atoms with Crippen molar-refractivity contribution in [2.45, 2.75) is 25.3 Å². The number of piperazine rings is 1. The number of rotatable bonds is 2. The van der Waals surface area contributed by atoms with Crippen LogP contribution in [-0.2, 0) is 0 Å². The topological polar surface area (TPSA) is 49.3 Å². The fourth-order valence-electron chi connectivity index (χ4n) is 2.89. The first kappa shape index (κ1) is 11.6. The molecule has 0 spiro atoms. The lowest BCUT2D eigenvalue weighted by Crippen LogP contribution is -2.55. The number of fused-ring (bicyclic) bond motifs is 1. The van der Waals surface area contributed by atoms with Crippen molar-refractivity contribution >= 4 is 12.2 Å². The maximum Gasteiger partial charge on any atom is 0.225 e. The van der Waals surface area contributed by atoms with Crippen molar-refractivity contribution in [1.29, 1.82) is 0 Å². The van der Waals surface area contributed by atoms with E-state index in [1.807, 2.05) is 0 Å². The highest BCUT2D eigenvalue weighted by atomic mass is 16.1. The normalized spacial score (nSPS) is 24.7. The molecular weight excluding hydrogens is 228 g/mol. The molecule has 2 saturated heterocycles. The zero-order chi connectivity index (χ0) is 12.4. The van der Waals surface area contributed by atoms with Gasteiger partial charge in [0.05, 0.1) is 5.56 Å². The van der Waals surface area contributed by atoms with Gasteiger partial charge in [0.15, 0.2) is 6.29 Å². The van der Waals surface area contributed by atoms with Crippen LogP contribution < -0.4 is 4.90 Å². The molecule has 0 saturated carbocycles. The van der Waals surface area contributed by atoms with Gasteiger partial charge < -0.3 is 4.90 Å². The number of aldehydes is 1. The molecular formula is C13H18N4O. The van der Waals surface area contributed by atoms with Gasteiger partial charge in [-0.3, -0.25) is 9.69 Å². The maximum absolute atomic E-state index is 10.6. The number of aromatic nitrogens is 2. The Kier molecular flexibility index (Phi) is 3.23. The zero-order valence-corrected chi connectivity index (χ0v) is 10.5. The summed E-state index contributed by atoms with van der Waals surface area (Å²) in [5, 5.41) is 0. The first-order valence-corrected chi connectivity index (χ1v) is 6.63. The molecule has 1 aromatic heterocycles. The van der Waals surface area contributed by atoms with E-state index < -0.39 is 0 Å². The van der Waals surface area contributed by atoms with Crippen molar-refractivity contribution < 1.29 is 4.79 Å². The molecule has 3 rings (SSSR count). The van der Waals surface area contributed by atoms with E-state index in [-0.39, 0.29) is 0 Å². The minimum absolute atomic E-state index is 0.537. The minimum Gasteiger partial charge on any atom is -0.338 e. The molecule has 5 nitrogen and oxygen atoms in total. The third-order valence-corrected chi connectivity index (χ3v) is 3.91. The summed E-state index contributed by atoms with van der Waals surface area (Å²) >= 11 is 0. The Morgan fingerprint density at radius 2 is 2.00 bits per heavy atom. The Balaban J connectivity index is 1.70. The van der Waals surface area contributed by atoms with Gasteiger partial charge >= 0.3 is 0 Å². The molecule has 0 aromatic carbocycles. The summed E-state index contributed by atoms with van der Waals surface area (Å²) in [4.78, 5) is 24.0. The summed E-state index contributed by atoms with van der Waals surface area (Å²) in [6.07, 6.45) is 7.93. The average Bonchev–Trinajstić information content (AvgIpc) is 2.47. The van der Waals surface area contributed by atoms with Crippen LogP contribution >= 0.6 is 0 Å². The summed E-state index contributed by atoms with van der Waals surface area (Å²) in [6.45, 7) is 4.34. The van der Waals surface area contributed by atoms with Gasteiger partial charge in [-0.2, -0.15) is 0 Å². The van der Waals surface area contributed by atoms with E-state index in [1.54, 1.807) is 12.4 Å². The molecule has 2 fully saturated rings. The van der Waals surface area contributed by atoms with Crippen LogP contribution in [0.1, 0.15) is 29.6 Å².